The average molecular weight is 295 g/mol. The van der Waals surface area contributed by atoms with E-state index in [9.17, 15) is 10.1 Å². The summed E-state index contributed by atoms with van der Waals surface area (Å²) in [5, 5.41) is 14.5. The van der Waals surface area contributed by atoms with Crippen molar-refractivity contribution in [3.8, 4) is 5.88 Å². The number of anilines is 1. The van der Waals surface area contributed by atoms with Crippen LogP contribution in [0.25, 0.3) is 0 Å². The van der Waals surface area contributed by atoms with E-state index in [4.69, 9.17) is 4.74 Å². The first-order valence-electron chi connectivity index (χ1n) is 7.13. The van der Waals surface area contributed by atoms with Gasteiger partial charge in [0, 0.05) is 12.6 Å². The Labute approximate surface area is 123 Å². The van der Waals surface area contributed by atoms with Gasteiger partial charge in [-0.15, -0.1) is 0 Å². The van der Waals surface area contributed by atoms with E-state index >= 15 is 0 Å². The molecule has 1 N–H and O–H groups in total. The molecule has 0 aliphatic carbocycles. The maximum Gasteiger partial charge on any atom is 0.372 e. The number of hydrogen-bond donors (Lipinski definition) is 1. The summed E-state index contributed by atoms with van der Waals surface area (Å²) in [6.45, 7) is 1.65. The van der Waals surface area contributed by atoms with Crippen molar-refractivity contribution >= 4 is 11.5 Å². The van der Waals surface area contributed by atoms with Crippen LogP contribution in [0, 0.1) is 10.1 Å². The predicted molar refractivity (Wildman–Crippen MR) is 78.8 cm³/mol. The summed E-state index contributed by atoms with van der Waals surface area (Å²) in [7, 11) is 3.29. The van der Waals surface area contributed by atoms with Crippen molar-refractivity contribution < 1.29 is 9.66 Å². The first kappa shape index (κ1) is 15.4. The van der Waals surface area contributed by atoms with Gasteiger partial charge in [-0.25, -0.2) is 4.98 Å². The Balaban J connectivity index is 2.35. The normalized spacial score (nSPS) is 18.6. The van der Waals surface area contributed by atoms with Crippen LogP contribution in [-0.4, -0.2) is 48.2 Å². The molecule has 0 amide bonds. The first-order valence-corrected chi connectivity index (χ1v) is 7.13. The van der Waals surface area contributed by atoms with Crippen molar-refractivity contribution in [1.29, 1.82) is 0 Å². The number of hydrogen-bond acceptors (Lipinski definition) is 7. The van der Waals surface area contributed by atoms with Crippen molar-refractivity contribution in [3.63, 3.8) is 0 Å². The van der Waals surface area contributed by atoms with Crippen LogP contribution in [0.1, 0.15) is 25.7 Å². The highest BCUT2D eigenvalue weighted by Gasteiger charge is 2.32. The number of methoxy groups -OCH3 is 1. The highest BCUT2D eigenvalue weighted by molar-refractivity contribution is 5.63. The lowest BCUT2D eigenvalue weighted by Gasteiger charge is -2.36. The maximum absolute atomic E-state index is 11.4. The van der Waals surface area contributed by atoms with E-state index in [2.05, 4.69) is 15.3 Å². The van der Waals surface area contributed by atoms with Crippen LogP contribution in [0.15, 0.2) is 6.33 Å². The van der Waals surface area contributed by atoms with Crippen molar-refractivity contribution in [1.82, 2.24) is 15.3 Å². The third-order valence-corrected chi connectivity index (χ3v) is 3.77. The Hall–Kier alpha value is -1.96. The third-order valence-electron chi connectivity index (χ3n) is 3.77. The maximum atomic E-state index is 11.4. The summed E-state index contributed by atoms with van der Waals surface area (Å²) in [6, 6.07) is 0.254. The standard InChI is InChI=1S/C13H21N5O3/c1-14-7-6-10-5-3-4-8-17(10)12-11(18(19)20)13(21-2)16-9-15-12/h9-10,14H,3-8H2,1-2H3. The van der Waals surface area contributed by atoms with Gasteiger partial charge in [0.2, 0.25) is 5.82 Å². The van der Waals surface area contributed by atoms with E-state index in [-0.39, 0.29) is 17.6 Å². The van der Waals surface area contributed by atoms with Crippen LogP contribution in [0.2, 0.25) is 0 Å². The zero-order valence-corrected chi connectivity index (χ0v) is 12.4. The van der Waals surface area contributed by atoms with E-state index in [1.165, 1.54) is 13.4 Å². The van der Waals surface area contributed by atoms with Gasteiger partial charge in [-0.2, -0.15) is 4.98 Å². The Bertz CT molecular complexity index is 497. The van der Waals surface area contributed by atoms with Crippen LogP contribution in [0.3, 0.4) is 0 Å². The van der Waals surface area contributed by atoms with Gasteiger partial charge in [0.1, 0.15) is 6.33 Å². The molecule has 0 spiro atoms. The highest BCUT2D eigenvalue weighted by atomic mass is 16.6. The number of nitrogens with zero attached hydrogens (tertiary/aromatic N) is 4. The molecule has 0 saturated carbocycles. The van der Waals surface area contributed by atoms with E-state index in [1.54, 1.807) is 0 Å². The second-order valence-electron chi connectivity index (χ2n) is 5.05. The summed E-state index contributed by atoms with van der Waals surface area (Å²) in [4.78, 5) is 21.0. The summed E-state index contributed by atoms with van der Waals surface area (Å²) in [5.41, 5.74) is -0.142. The zero-order valence-electron chi connectivity index (χ0n) is 12.4. The molecular weight excluding hydrogens is 274 g/mol. The molecule has 0 bridgehead atoms. The van der Waals surface area contributed by atoms with E-state index in [0.717, 1.165) is 38.8 Å². The van der Waals surface area contributed by atoms with Gasteiger partial charge in [0.25, 0.3) is 5.88 Å². The second-order valence-corrected chi connectivity index (χ2v) is 5.05. The Morgan fingerprint density at radius 3 is 3.00 bits per heavy atom. The minimum atomic E-state index is -0.460. The molecule has 2 rings (SSSR count). The van der Waals surface area contributed by atoms with Crippen molar-refractivity contribution in [2.24, 2.45) is 0 Å². The molecule has 21 heavy (non-hydrogen) atoms. The molecule has 8 nitrogen and oxygen atoms in total. The first-order chi connectivity index (χ1) is 10.2. The van der Waals surface area contributed by atoms with Crippen molar-refractivity contribution in [2.75, 3.05) is 32.1 Å². The van der Waals surface area contributed by atoms with Crippen LogP contribution >= 0.6 is 0 Å². The second kappa shape index (κ2) is 7.16. The van der Waals surface area contributed by atoms with Crippen LogP contribution < -0.4 is 15.0 Å². The fourth-order valence-corrected chi connectivity index (χ4v) is 2.76. The molecule has 1 aliphatic heterocycles. The molecule has 1 fully saturated rings. The quantitative estimate of drug-likeness (QED) is 0.625. The third kappa shape index (κ3) is 3.38. The molecule has 0 radical (unpaired) electrons. The zero-order chi connectivity index (χ0) is 15.2. The largest absolute Gasteiger partial charge is 0.476 e. The molecule has 116 valence electrons. The topological polar surface area (TPSA) is 93.4 Å². The fraction of sp³-hybridized carbons (Fsp3) is 0.692. The predicted octanol–water partition coefficient (Wildman–Crippen LogP) is 1.36. The van der Waals surface area contributed by atoms with E-state index in [0.29, 0.717) is 5.82 Å². The molecule has 1 aliphatic rings. The highest BCUT2D eigenvalue weighted by Crippen LogP contribution is 2.36. The van der Waals surface area contributed by atoms with Gasteiger partial charge in [0.05, 0.1) is 12.0 Å². The molecule has 1 saturated heterocycles. The van der Waals surface area contributed by atoms with Crippen molar-refractivity contribution in [2.45, 2.75) is 31.7 Å². The fourth-order valence-electron chi connectivity index (χ4n) is 2.76. The molecule has 0 aromatic carbocycles. The summed E-state index contributed by atoms with van der Waals surface area (Å²) < 4.78 is 5.02. The molecule has 1 aromatic rings. The van der Waals surface area contributed by atoms with E-state index in [1.807, 2.05) is 11.9 Å². The number of aromatic nitrogens is 2. The summed E-state index contributed by atoms with van der Waals surface area (Å²) >= 11 is 0. The lowest BCUT2D eigenvalue weighted by molar-refractivity contribution is -0.385. The number of rotatable bonds is 6. The number of piperidine rings is 1. The van der Waals surface area contributed by atoms with Gasteiger partial charge < -0.3 is 15.0 Å². The number of nitrogens with one attached hydrogen (secondary N) is 1. The van der Waals surface area contributed by atoms with Crippen LogP contribution in [0.5, 0.6) is 5.88 Å². The van der Waals surface area contributed by atoms with Crippen molar-refractivity contribution in [3.05, 3.63) is 16.4 Å². The summed E-state index contributed by atoms with van der Waals surface area (Å²) in [5.74, 6) is 0.385. The van der Waals surface area contributed by atoms with Gasteiger partial charge in [-0.1, -0.05) is 0 Å². The minimum Gasteiger partial charge on any atom is -0.476 e. The van der Waals surface area contributed by atoms with Crippen LogP contribution in [-0.2, 0) is 0 Å². The molecule has 1 unspecified atom stereocenters. The van der Waals surface area contributed by atoms with Gasteiger partial charge in [-0.3, -0.25) is 10.1 Å². The monoisotopic (exact) mass is 295 g/mol. The molecule has 2 heterocycles. The minimum absolute atomic E-state index is 0.0166. The Morgan fingerprint density at radius 2 is 2.33 bits per heavy atom. The lowest BCUT2D eigenvalue weighted by Crippen LogP contribution is -2.42. The molecule has 1 aromatic heterocycles. The smallest absolute Gasteiger partial charge is 0.372 e. The van der Waals surface area contributed by atoms with Gasteiger partial charge >= 0.3 is 5.69 Å². The Morgan fingerprint density at radius 1 is 1.52 bits per heavy atom. The number of nitro groups is 1. The summed E-state index contributed by atoms with van der Waals surface area (Å²) in [6.07, 6.45) is 5.43. The SMILES string of the molecule is CNCCC1CCCCN1c1ncnc(OC)c1[N+](=O)[O-]. The molecule has 1 atom stereocenters. The molecular formula is C13H21N5O3. The van der Waals surface area contributed by atoms with Crippen LogP contribution in [0.4, 0.5) is 11.5 Å². The molecule has 8 heteroatoms. The average Bonchev–Trinajstić information content (AvgIpc) is 2.52. The van der Waals surface area contributed by atoms with Gasteiger partial charge in [0.15, 0.2) is 0 Å². The van der Waals surface area contributed by atoms with E-state index < -0.39 is 4.92 Å². The number of ether oxygens (including phenoxy) is 1. The van der Waals surface area contributed by atoms with Gasteiger partial charge in [-0.05, 0) is 39.3 Å². The Kier molecular flexibility index (Phi) is 5.26. The lowest BCUT2D eigenvalue weighted by atomic mass is 9.99.